The van der Waals surface area contributed by atoms with Crippen molar-refractivity contribution in [2.45, 2.75) is 19.3 Å². The van der Waals surface area contributed by atoms with Crippen molar-refractivity contribution in [3.05, 3.63) is 65.2 Å². The van der Waals surface area contributed by atoms with Crippen molar-refractivity contribution in [1.29, 1.82) is 0 Å². The molecular weight excluding hydrogens is 372 g/mol. The van der Waals surface area contributed by atoms with Crippen LogP contribution in [0.3, 0.4) is 0 Å². The Bertz CT molecular complexity index is 1120. The number of nitrogens with one attached hydrogen (secondary N) is 1. The van der Waals surface area contributed by atoms with Crippen molar-refractivity contribution < 1.29 is 23.9 Å². The molecule has 0 bridgehead atoms. The number of benzene rings is 1. The van der Waals surface area contributed by atoms with E-state index in [9.17, 15) is 14.4 Å². The highest BCUT2D eigenvalue weighted by molar-refractivity contribution is 6.07. The van der Waals surface area contributed by atoms with E-state index in [2.05, 4.69) is 4.98 Å². The van der Waals surface area contributed by atoms with Crippen molar-refractivity contribution in [2.75, 3.05) is 19.1 Å². The lowest BCUT2D eigenvalue weighted by atomic mass is 9.94. The number of methoxy groups -OCH3 is 2. The third kappa shape index (κ3) is 3.14. The van der Waals surface area contributed by atoms with Gasteiger partial charge >= 0.3 is 11.9 Å². The molecule has 0 amide bonds. The summed E-state index contributed by atoms with van der Waals surface area (Å²) in [5.74, 6) is -1.19. The van der Waals surface area contributed by atoms with Crippen molar-refractivity contribution in [3.8, 4) is 0 Å². The minimum atomic E-state index is -0.664. The Kier molecular flexibility index (Phi) is 4.80. The van der Waals surface area contributed by atoms with E-state index in [1.54, 1.807) is 23.3 Å². The average molecular weight is 392 g/mol. The van der Waals surface area contributed by atoms with Crippen LogP contribution in [0.15, 0.2) is 53.9 Å². The summed E-state index contributed by atoms with van der Waals surface area (Å²) >= 11 is 0. The lowest BCUT2D eigenvalue weighted by Crippen LogP contribution is -2.26. The van der Waals surface area contributed by atoms with Crippen LogP contribution in [0.5, 0.6) is 0 Å². The first-order chi connectivity index (χ1) is 14.0. The molecule has 1 aromatic carbocycles. The van der Waals surface area contributed by atoms with E-state index in [4.69, 9.17) is 9.47 Å². The maximum Gasteiger partial charge on any atom is 0.355 e. The van der Waals surface area contributed by atoms with Crippen LogP contribution in [0, 0.1) is 0 Å². The number of ether oxygens (including phenoxy) is 2. The number of H-pyrrole nitrogens is 1. The molecule has 0 saturated carbocycles. The van der Waals surface area contributed by atoms with Gasteiger partial charge in [-0.3, -0.25) is 4.79 Å². The summed E-state index contributed by atoms with van der Waals surface area (Å²) in [6.45, 7) is 0. The van der Waals surface area contributed by atoms with E-state index in [0.717, 1.165) is 29.3 Å². The molecule has 0 spiro atoms. The third-order valence-corrected chi connectivity index (χ3v) is 5.17. The first kappa shape index (κ1) is 18.7. The molecule has 0 saturated heterocycles. The maximum absolute atomic E-state index is 12.6. The zero-order valence-corrected chi connectivity index (χ0v) is 16.2. The predicted octanol–water partition coefficient (Wildman–Crippen LogP) is 3.18. The molecular formula is C22H20N2O5. The molecule has 1 N–H and O–H groups in total. The number of hydrogen-bond donors (Lipinski definition) is 1. The van der Waals surface area contributed by atoms with E-state index in [1.807, 2.05) is 18.2 Å². The summed E-state index contributed by atoms with van der Waals surface area (Å²) in [4.78, 5) is 41.9. The highest BCUT2D eigenvalue weighted by Crippen LogP contribution is 2.33. The second-order valence-electron chi connectivity index (χ2n) is 6.80. The second kappa shape index (κ2) is 7.43. The van der Waals surface area contributed by atoms with Gasteiger partial charge in [0.05, 0.1) is 25.5 Å². The standard InChI is InChI=1S/C22H20N2O5/c1-28-21(26)16-6-3-4-11-24(20(16)22(27)29-2)13-9-10-14-15-7-5-8-18(25)19(15)23-17(14)12-13/h3-4,6,9-12,23H,5,7-8H2,1-2H3. The molecule has 7 nitrogen and oxygen atoms in total. The van der Waals surface area contributed by atoms with Crippen molar-refractivity contribution in [2.24, 2.45) is 0 Å². The third-order valence-electron chi connectivity index (χ3n) is 5.17. The average Bonchev–Trinajstić information content (AvgIpc) is 2.97. The highest BCUT2D eigenvalue weighted by Gasteiger charge is 2.28. The molecule has 148 valence electrons. The first-order valence-electron chi connectivity index (χ1n) is 9.28. The Morgan fingerprint density at radius 2 is 1.86 bits per heavy atom. The number of fused-ring (bicyclic) bond motifs is 3. The lowest BCUT2D eigenvalue weighted by Gasteiger charge is -2.23. The molecule has 0 atom stereocenters. The molecule has 0 radical (unpaired) electrons. The van der Waals surface area contributed by atoms with Gasteiger partial charge in [0.25, 0.3) is 0 Å². The summed E-state index contributed by atoms with van der Waals surface area (Å²) < 4.78 is 9.76. The van der Waals surface area contributed by atoms with Gasteiger partial charge in [0.15, 0.2) is 5.78 Å². The van der Waals surface area contributed by atoms with Crippen LogP contribution < -0.4 is 4.90 Å². The van der Waals surface area contributed by atoms with Crippen LogP contribution in [0.1, 0.15) is 28.9 Å². The minimum absolute atomic E-state index is 0.0519. The number of esters is 2. The molecule has 1 aliphatic heterocycles. The van der Waals surface area contributed by atoms with E-state index < -0.39 is 11.9 Å². The molecule has 2 aliphatic rings. The molecule has 7 heteroatoms. The maximum atomic E-state index is 12.6. The fourth-order valence-corrected chi connectivity index (χ4v) is 3.81. The van der Waals surface area contributed by atoms with Gasteiger partial charge in [-0.2, -0.15) is 0 Å². The first-order valence-corrected chi connectivity index (χ1v) is 9.28. The number of hydrogen-bond acceptors (Lipinski definition) is 6. The number of anilines is 1. The highest BCUT2D eigenvalue weighted by atomic mass is 16.5. The number of nitrogens with zero attached hydrogens (tertiary/aromatic N) is 1. The number of carbonyl (C=O) groups is 3. The van der Waals surface area contributed by atoms with Gasteiger partial charge in [-0.05, 0) is 42.7 Å². The summed E-state index contributed by atoms with van der Waals surface area (Å²) in [6.07, 6.45) is 8.80. The lowest BCUT2D eigenvalue weighted by molar-refractivity contribution is -0.139. The number of allylic oxidation sites excluding steroid dienone is 2. The molecule has 1 aromatic heterocycles. The van der Waals surface area contributed by atoms with E-state index in [0.29, 0.717) is 17.8 Å². The van der Waals surface area contributed by atoms with E-state index in [1.165, 1.54) is 20.3 Å². The van der Waals surface area contributed by atoms with Crippen molar-refractivity contribution in [3.63, 3.8) is 0 Å². The van der Waals surface area contributed by atoms with Gasteiger partial charge in [0.2, 0.25) is 0 Å². The van der Waals surface area contributed by atoms with Crippen LogP contribution in [0.4, 0.5) is 5.69 Å². The van der Waals surface area contributed by atoms with Crippen LogP contribution in [0.25, 0.3) is 10.9 Å². The van der Waals surface area contributed by atoms with Gasteiger partial charge in [0, 0.05) is 29.2 Å². The fourth-order valence-electron chi connectivity index (χ4n) is 3.81. The number of aromatic nitrogens is 1. The molecule has 0 unspecified atom stereocenters. The predicted molar refractivity (Wildman–Crippen MR) is 107 cm³/mol. The zero-order valence-electron chi connectivity index (χ0n) is 16.2. The Morgan fingerprint density at radius 3 is 2.62 bits per heavy atom. The Labute approximate surface area is 167 Å². The van der Waals surface area contributed by atoms with Gasteiger partial charge in [-0.25, -0.2) is 9.59 Å². The molecule has 0 fully saturated rings. The smallest absolute Gasteiger partial charge is 0.355 e. The van der Waals surface area contributed by atoms with Gasteiger partial charge in [0.1, 0.15) is 5.70 Å². The zero-order chi connectivity index (χ0) is 20.5. The molecule has 29 heavy (non-hydrogen) atoms. The van der Waals surface area contributed by atoms with Crippen LogP contribution in [-0.2, 0) is 25.5 Å². The number of aryl methyl sites for hydroxylation is 1. The van der Waals surface area contributed by atoms with Gasteiger partial charge < -0.3 is 19.4 Å². The Hall–Kier alpha value is -3.61. The summed E-state index contributed by atoms with van der Waals surface area (Å²) in [6, 6.07) is 5.63. The number of carbonyl (C=O) groups excluding carboxylic acids is 3. The van der Waals surface area contributed by atoms with Gasteiger partial charge in [-0.1, -0.05) is 12.1 Å². The van der Waals surface area contributed by atoms with Gasteiger partial charge in [-0.15, -0.1) is 0 Å². The molecule has 2 heterocycles. The van der Waals surface area contributed by atoms with Crippen LogP contribution >= 0.6 is 0 Å². The molecule has 2 aromatic rings. The second-order valence-corrected chi connectivity index (χ2v) is 6.80. The monoisotopic (exact) mass is 392 g/mol. The summed E-state index contributed by atoms with van der Waals surface area (Å²) in [5, 5.41) is 0.991. The largest absolute Gasteiger partial charge is 0.465 e. The van der Waals surface area contributed by atoms with Crippen molar-refractivity contribution >= 4 is 34.3 Å². The molecule has 4 rings (SSSR count). The Morgan fingerprint density at radius 1 is 1.07 bits per heavy atom. The fraction of sp³-hybridized carbons (Fsp3) is 0.227. The number of rotatable bonds is 3. The SMILES string of the molecule is COC(=O)C1=C(C(=O)OC)N(c2ccc3c4c([nH]c3c2)C(=O)CCC4)C=CC=C1. The number of Topliss-reactive ketones (excluding diaryl/α,β-unsaturated/α-hetero) is 1. The number of ketones is 1. The van der Waals surface area contributed by atoms with Crippen molar-refractivity contribution in [1.82, 2.24) is 4.98 Å². The van der Waals surface area contributed by atoms with E-state index >= 15 is 0 Å². The van der Waals surface area contributed by atoms with Crippen LogP contribution in [0.2, 0.25) is 0 Å². The quantitative estimate of drug-likeness (QED) is 0.807. The summed E-state index contributed by atoms with van der Waals surface area (Å²) in [7, 11) is 2.52. The topological polar surface area (TPSA) is 88.7 Å². The van der Waals surface area contributed by atoms with Crippen LogP contribution in [-0.4, -0.2) is 36.9 Å². The normalized spacial score (nSPS) is 16.1. The molecule has 1 aliphatic carbocycles. The summed E-state index contributed by atoms with van der Waals surface area (Å²) in [5.41, 5.74) is 3.29. The minimum Gasteiger partial charge on any atom is -0.465 e. The van der Waals surface area contributed by atoms with E-state index in [-0.39, 0.29) is 17.1 Å². The number of aromatic amines is 1. The Balaban J connectivity index is 1.87.